The molecule has 0 N–H and O–H groups in total. The molecule has 0 atom stereocenters. The number of ether oxygens (including phenoxy) is 2. The Labute approximate surface area is 132 Å². The number of hydrogen-bond acceptors (Lipinski definition) is 4. The van der Waals surface area contributed by atoms with E-state index in [4.69, 9.17) is 20.0 Å². The van der Waals surface area contributed by atoms with Crippen molar-refractivity contribution in [3.63, 3.8) is 0 Å². The van der Waals surface area contributed by atoms with Crippen LogP contribution in [0.25, 0.3) is 6.08 Å². The molecule has 1 saturated carbocycles. The molecule has 0 radical (unpaired) electrons. The molecule has 1 aliphatic rings. The van der Waals surface area contributed by atoms with Crippen molar-refractivity contribution in [2.24, 2.45) is 0 Å². The lowest BCUT2D eigenvalue weighted by Crippen LogP contribution is -2.11. The zero-order valence-electron chi connectivity index (χ0n) is 11.7. The van der Waals surface area contributed by atoms with Gasteiger partial charge in [0.1, 0.15) is 17.7 Å². The molecule has 21 heavy (non-hydrogen) atoms. The Kier molecular flexibility index (Phi) is 5.25. The first kappa shape index (κ1) is 15.4. The Morgan fingerprint density at radius 1 is 1.24 bits per heavy atom. The Bertz CT molecular complexity index is 619. The van der Waals surface area contributed by atoms with Crippen molar-refractivity contribution >= 4 is 22.0 Å². The molecule has 0 saturated heterocycles. The topological polar surface area (TPSA) is 66.0 Å². The van der Waals surface area contributed by atoms with Gasteiger partial charge in [-0.25, -0.2) is 0 Å². The van der Waals surface area contributed by atoms with Gasteiger partial charge in [-0.05, 0) is 49.5 Å². The molecule has 4 nitrogen and oxygen atoms in total. The molecular formula is C16H15BrN2O2. The van der Waals surface area contributed by atoms with Gasteiger partial charge < -0.3 is 9.47 Å². The van der Waals surface area contributed by atoms with Crippen molar-refractivity contribution in [3.8, 4) is 23.6 Å². The van der Waals surface area contributed by atoms with E-state index in [1.165, 1.54) is 18.9 Å². The highest BCUT2D eigenvalue weighted by Crippen LogP contribution is 2.36. The van der Waals surface area contributed by atoms with Crippen LogP contribution in [0.2, 0.25) is 0 Å². The van der Waals surface area contributed by atoms with Crippen molar-refractivity contribution in [3.05, 3.63) is 27.7 Å². The van der Waals surface area contributed by atoms with Gasteiger partial charge in [-0.1, -0.05) is 15.9 Å². The molecule has 0 unspecified atom stereocenters. The molecule has 2 rings (SSSR count). The first-order valence-electron chi connectivity index (χ1n) is 6.74. The predicted octanol–water partition coefficient (Wildman–Crippen LogP) is 4.21. The van der Waals surface area contributed by atoms with Crippen LogP contribution < -0.4 is 9.47 Å². The molecule has 0 amide bonds. The quantitative estimate of drug-likeness (QED) is 0.766. The average Bonchev–Trinajstić information content (AvgIpc) is 2.99. The number of methoxy groups -OCH3 is 1. The van der Waals surface area contributed by atoms with Crippen molar-refractivity contribution in [1.29, 1.82) is 10.5 Å². The molecular weight excluding hydrogens is 332 g/mol. The summed E-state index contributed by atoms with van der Waals surface area (Å²) in [7, 11) is 1.58. The molecule has 0 aliphatic heterocycles. The Morgan fingerprint density at radius 2 is 1.90 bits per heavy atom. The van der Waals surface area contributed by atoms with Crippen molar-refractivity contribution < 1.29 is 9.47 Å². The van der Waals surface area contributed by atoms with Crippen LogP contribution in [0.4, 0.5) is 0 Å². The fourth-order valence-corrected chi connectivity index (χ4v) is 2.78. The van der Waals surface area contributed by atoms with Crippen LogP contribution in [0, 0.1) is 22.7 Å². The van der Waals surface area contributed by atoms with Crippen molar-refractivity contribution in [1.82, 2.24) is 0 Å². The number of rotatable bonds is 4. The van der Waals surface area contributed by atoms with Gasteiger partial charge in [0.25, 0.3) is 0 Å². The van der Waals surface area contributed by atoms with Gasteiger partial charge in [0.05, 0.1) is 13.2 Å². The van der Waals surface area contributed by atoms with Crippen LogP contribution in [0.1, 0.15) is 31.2 Å². The average molecular weight is 347 g/mol. The summed E-state index contributed by atoms with van der Waals surface area (Å²) in [6.45, 7) is 0. The number of halogens is 1. The van der Waals surface area contributed by atoms with E-state index in [0.717, 1.165) is 17.3 Å². The Morgan fingerprint density at radius 3 is 2.48 bits per heavy atom. The minimum Gasteiger partial charge on any atom is -0.493 e. The Hall–Kier alpha value is -1.98. The molecule has 108 valence electrons. The third-order valence-electron chi connectivity index (χ3n) is 3.42. The van der Waals surface area contributed by atoms with Gasteiger partial charge in [-0.15, -0.1) is 0 Å². The van der Waals surface area contributed by atoms with Crippen molar-refractivity contribution in [2.75, 3.05) is 7.11 Å². The van der Waals surface area contributed by atoms with Gasteiger partial charge in [0.15, 0.2) is 11.5 Å². The number of nitrogens with zero attached hydrogens (tertiary/aromatic N) is 2. The van der Waals surface area contributed by atoms with E-state index >= 15 is 0 Å². The lowest BCUT2D eigenvalue weighted by Gasteiger charge is -2.17. The fraction of sp³-hybridized carbons (Fsp3) is 0.375. The highest BCUT2D eigenvalue weighted by Gasteiger charge is 2.19. The Balaban J connectivity index is 2.33. The summed E-state index contributed by atoms with van der Waals surface area (Å²) in [5, 5.41) is 17.7. The van der Waals surface area contributed by atoms with E-state index < -0.39 is 0 Å². The fourth-order valence-electron chi connectivity index (χ4n) is 2.34. The molecule has 1 aromatic rings. The lowest BCUT2D eigenvalue weighted by molar-refractivity contribution is 0.200. The van der Waals surface area contributed by atoms with E-state index in [1.807, 2.05) is 18.2 Å². The molecule has 0 bridgehead atoms. The number of allylic oxidation sites excluding steroid dienone is 1. The zero-order valence-corrected chi connectivity index (χ0v) is 13.3. The van der Waals surface area contributed by atoms with Crippen LogP contribution >= 0.6 is 15.9 Å². The molecule has 0 spiro atoms. The van der Waals surface area contributed by atoms with Gasteiger partial charge in [0, 0.05) is 4.47 Å². The lowest BCUT2D eigenvalue weighted by atomic mass is 10.1. The largest absolute Gasteiger partial charge is 0.493 e. The highest BCUT2D eigenvalue weighted by atomic mass is 79.9. The second-order valence-electron chi connectivity index (χ2n) is 4.83. The second kappa shape index (κ2) is 7.15. The SMILES string of the molecule is COc1cc(C=C(C#N)C#N)c(Br)cc1OC1CCCC1. The van der Waals surface area contributed by atoms with Crippen LogP contribution in [-0.4, -0.2) is 13.2 Å². The van der Waals surface area contributed by atoms with Crippen LogP contribution in [0.15, 0.2) is 22.2 Å². The summed E-state index contributed by atoms with van der Waals surface area (Å²) in [6.07, 6.45) is 6.28. The summed E-state index contributed by atoms with van der Waals surface area (Å²) < 4.78 is 12.1. The van der Waals surface area contributed by atoms with Gasteiger partial charge in [-0.3, -0.25) is 0 Å². The summed E-state index contributed by atoms with van der Waals surface area (Å²) in [5.74, 6) is 1.29. The summed E-state index contributed by atoms with van der Waals surface area (Å²) >= 11 is 3.45. The normalized spacial score (nSPS) is 14.1. The first-order chi connectivity index (χ1) is 10.2. The third kappa shape index (κ3) is 3.77. The molecule has 5 heteroatoms. The molecule has 1 aliphatic carbocycles. The van der Waals surface area contributed by atoms with E-state index in [9.17, 15) is 0 Å². The maximum absolute atomic E-state index is 8.84. The molecule has 0 heterocycles. The number of benzene rings is 1. The van der Waals surface area contributed by atoms with E-state index in [0.29, 0.717) is 17.1 Å². The number of hydrogen-bond donors (Lipinski definition) is 0. The van der Waals surface area contributed by atoms with Crippen LogP contribution in [0.3, 0.4) is 0 Å². The van der Waals surface area contributed by atoms with Crippen LogP contribution in [0.5, 0.6) is 11.5 Å². The van der Waals surface area contributed by atoms with Crippen molar-refractivity contribution in [2.45, 2.75) is 31.8 Å². The maximum Gasteiger partial charge on any atom is 0.162 e. The standard InChI is InChI=1S/C16H15BrN2O2/c1-20-15-7-12(6-11(9-18)10-19)14(17)8-16(15)21-13-4-2-3-5-13/h6-8,13H,2-5H2,1H3. The van der Waals surface area contributed by atoms with E-state index in [-0.39, 0.29) is 11.7 Å². The number of nitriles is 2. The van der Waals surface area contributed by atoms with E-state index in [1.54, 1.807) is 13.2 Å². The molecule has 0 aromatic heterocycles. The van der Waals surface area contributed by atoms with Gasteiger partial charge >= 0.3 is 0 Å². The summed E-state index contributed by atoms with van der Waals surface area (Å²) in [4.78, 5) is 0. The molecule has 1 fully saturated rings. The summed E-state index contributed by atoms with van der Waals surface area (Å²) in [5.41, 5.74) is 0.755. The van der Waals surface area contributed by atoms with Gasteiger partial charge in [0.2, 0.25) is 0 Å². The summed E-state index contributed by atoms with van der Waals surface area (Å²) in [6, 6.07) is 7.29. The van der Waals surface area contributed by atoms with E-state index in [2.05, 4.69) is 15.9 Å². The monoisotopic (exact) mass is 346 g/mol. The first-order valence-corrected chi connectivity index (χ1v) is 7.53. The molecule has 1 aromatic carbocycles. The predicted molar refractivity (Wildman–Crippen MR) is 82.8 cm³/mol. The second-order valence-corrected chi connectivity index (χ2v) is 5.68. The smallest absolute Gasteiger partial charge is 0.162 e. The zero-order chi connectivity index (χ0) is 15.2. The maximum atomic E-state index is 8.84. The van der Waals surface area contributed by atoms with Crippen LogP contribution in [-0.2, 0) is 0 Å². The minimum absolute atomic E-state index is 0.0437. The highest BCUT2D eigenvalue weighted by molar-refractivity contribution is 9.10. The minimum atomic E-state index is 0.0437. The third-order valence-corrected chi connectivity index (χ3v) is 4.11. The van der Waals surface area contributed by atoms with Gasteiger partial charge in [-0.2, -0.15) is 10.5 Å².